The summed E-state index contributed by atoms with van der Waals surface area (Å²) >= 11 is 0. The summed E-state index contributed by atoms with van der Waals surface area (Å²) in [6.07, 6.45) is 3.59. The van der Waals surface area contributed by atoms with Crippen LogP contribution in [0, 0.1) is 5.82 Å². The van der Waals surface area contributed by atoms with Crippen LogP contribution in [0.5, 0.6) is 0 Å². The molecule has 0 unspecified atom stereocenters. The number of nitrogens with zero attached hydrogens (tertiary/aromatic N) is 1. The molecule has 1 aliphatic rings. The molecule has 104 valence electrons. The van der Waals surface area contributed by atoms with E-state index in [4.69, 9.17) is 4.74 Å². The lowest BCUT2D eigenvalue weighted by atomic mass is 10.1. The van der Waals surface area contributed by atoms with Crippen molar-refractivity contribution in [3.63, 3.8) is 0 Å². The zero-order valence-corrected chi connectivity index (χ0v) is 11.1. The minimum Gasteiger partial charge on any atom is -0.389 e. The van der Waals surface area contributed by atoms with Gasteiger partial charge in [-0.25, -0.2) is 4.39 Å². The minimum atomic E-state index is -0.404. The van der Waals surface area contributed by atoms with Gasteiger partial charge >= 0.3 is 0 Å². The highest BCUT2D eigenvalue weighted by Gasteiger charge is 2.30. The van der Waals surface area contributed by atoms with Gasteiger partial charge in [-0.05, 0) is 24.2 Å². The fourth-order valence-electron chi connectivity index (χ4n) is 2.28. The second-order valence-corrected chi connectivity index (χ2v) is 4.71. The molecule has 1 aromatic carbocycles. The summed E-state index contributed by atoms with van der Waals surface area (Å²) in [6, 6.07) is 6.46. The largest absolute Gasteiger partial charge is 0.389 e. The number of rotatable bonds is 5. The van der Waals surface area contributed by atoms with E-state index in [1.54, 1.807) is 12.1 Å². The molecule has 2 atom stereocenters. The molecule has 0 bridgehead atoms. The van der Waals surface area contributed by atoms with Gasteiger partial charge in [0.2, 0.25) is 0 Å². The lowest BCUT2D eigenvalue weighted by Gasteiger charge is -2.27. The van der Waals surface area contributed by atoms with Crippen molar-refractivity contribution in [1.82, 2.24) is 4.90 Å². The Kier molecular flexibility index (Phi) is 5.07. The Morgan fingerprint density at radius 1 is 1.37 bits per heavy atom. The normalized spacial score (nSPS) is 23.6. The van der Waals surface area contributed by atoms with Crippen LogP contribution in [0.3, 0.4) is 0 Å². The first kappa shape index (κ1) is 14.2. The molecular weight excluding hydrogens is 245 g/mol. The molecule has 1 heterocycles. The molecule has 2 rings (SSSR count). The molecule has 1 aliphatic heterocycles. The van der Waals surface area contributed by atoms with E-state index in [9.17, 15) is 9.50 Å². The number of halogens is 1. The van der Waals surface area contributed by atoms with Gasteiger partial charge in [-0.1, -0.05) is 31.2 Å². The van der Waals surface area contributed by atoms with Crippen LogP contribution in [-0.4, -0.2) is 48.5 Å². The lowest BCUT2D eigenvalue weighted by Crippen LogP contribution is -2.42. The summed E-state index contributed by atoms with van der Waals surface area (Å²) in [7, 11) is 0. The van der Waals surface area contributed by atoms with Crippen molar-refractivity contribution >= 4 is 6.08 Å². The molecule has 3 nitrogen and oxygen atoms in total. The highest BCUT2D eigenvalue weighted by Crippen LogP contribution is 2.13. The van der Waals surface area contributed by atoms with Gasteiger partial charge in [0.1, 0.15) is 5.82 Å². The van der Waals surface area contributed by atoms with Gasteiger partial charge in [-0.15, -0.1) is 0 Å². The number of aliphatic hydroxyl groups is 1. The number of ether oxygens (including phenoxy) is 1. The Morgan fingerprint density at radius 2 is 2.11 bits per heavy atom. The zero-order valence-electron chi connectivity index (χ0n) is 11.1. The van der Waals surface area contributed by atoms with Gasteiger partial charge < -0.3 is 9.84 Å². The molecule has 1 N–H and O–H groups in total. The number of hydrogen-bond donors (Lipinski definition) is 1. The van der Waals surface area contributed by atoms with Crippen molar-refractivity contribution in [3.05, 3.63) is 41.7 Å². The van der Waals surface area contributed by atoms with Gasteiger partial charge in [0.25, 0.3) is 0 Å². The number of hydrogen-bond acceptors (Lipinski definition) is 3. The second kappa shape index (κ2) is 6.80. The van der Waals surface area contributed by atoms with Crippen LogP contribution in [0.4, 0.5) is 4.39 Å². The standard InChI is InChI=1S/C15H20FNO2/c1-2-17(14-10-19-11-15(14)18)9-3-4-12-5-7-13(16)8-6-12/h3-8,14-15,18H,2,9-11H2,1H3/b4-3+/t14-,15-/m1/s1. The maximum absolute atomic E-state index is 12.8. The summed E-state index contributed by atoms with van der Waals surface area (Å²) in [6.45, 7) is 4.68. The van der Waals surface area contributed by atoms with E-state index in [0.717, 1.165) is 18.7 Å². The zero-order chi connectivity index (χ0) is 13.7. The smallest absolute Gasteiger partial charge is 0.123 e. The van der Waals surface area contributed by atoms with Crippen molar-refractivity contribution in [2.24, 2.45) is 0 Å². The molecule has 0 radical (unpaired) electrons. The van der Waals surface area contributed by atoms with Crippen molar-refractivity contribution in [2.45, 2.75) is 19.1 Å². The van der Waals surface area contributed by atoms with Crippen LogP contribution in [0.15, 0.2) is 30.3 Å². The Hall–Kier alpha value is -1.23. The van der Waals surface area contributed by atoms with E-state index < -0.39 is 6.10 Å². The maximum atomic E-state index is 12.8. The molecule has 4 heteroatoms. The molecule has 0 aliphatic carbocycles. The molecule has 1 saturated heterocycles. The van der Waals surface area contributed by atoms with E-state index >= 15 is 0 Å². The van der Waals surface area contributed by atoms with Crippen LogP contribution in [0.1, 0.15) is 12.5 Å². The highest BCUT2D eigenvalue weighted by atomic mass is 19.1. The Morgan fingerprint density at radius 3 is 2.68 bits per heavy atom. The van der Waals surface area contributed by atoms with Crippen LogP contribution in [0.2, 0.25) is 0 Å². The van der Waals surface area contributed by atoms with E-state index in [1.165, 1.54) is 12.1 Å². The Bertz CT molecular complexity index is 419. The third-order valence-corrected chi connectivity index (χ3v) is 3.42. The first-order valence-corrected chi connectivity index (χ1v) is 6.62. The molecule has 0 spiro atoms. The van der Waals surface area contributed by atoms with Crippen molar-refractivity contribution < 1.29 is 14.2 Å². The summed E-state index contributed by atoms with van der Waals surface area (Å²) in [4.78, 5) is 2.18. The van der Waals surface area contributed by atoms with Crippen LogP contribution < -0.4 is 0 Å². The van der Waals surface area contributed by atoms with Crippen molar-refractivity contribution in [3.8, 4) is 0 Å². The second-order valence-electron chi connectivity index (χ2n) is 4.71. The summed E-state index contributed by atoms with van der Waals surface area (Å²) < 4.78 is 18.0. The number of benzene rings is 1. The average Bonchev–Trinajstić information content (AvgIpc) is 2.83. The summed E-state index contributed by atoms with van der Waals surface area (Å²) in [5.41, 5.74) is 0.973. The molecular formula is C15H20FNO2. The molecule has 1 aromatic rings. The first-order valence-electron chi connectivity index (χ1n) is 6.62. The van der Waals surface area contributed by atoms with Gasteiger partial charge in [-0.2, -0.15) is 0 Å². The fourth-order valence-corrected chi connectivity index (χ4v) is 2.28. The molecule has 0 aromatic heterocycles. The van der Waals surface area contributed by atoms with Gasteiger partial charge in [-0.3, -0.25) is 4.90 Å². The lowest BCUT2D eigenvalue weighted by molar-refractivity contribution is 0.0912. The minimum absolute atomic E-state index is 0.0721. The predicted octanol–water partition coefficient (Wildman–Crippen LogP) is 1.92. The van der Waals surface area contributed by atoms with E-state index in [2.05, 4.69) is 11.8 Å². The topological polar surface area (TPSA) is 32.7 Å². The third-order valence-electron chi connectivity index (χ3n) is 3.42. The molecule has 0 amide bonds. The monoisotopic (exact) mass is 265 g/mol. The fraction of sp³-hybridized carbons (Fsp3) is 0.467. The first-order chi connectivity index (χ1) is 9.20. The SMILES string of the molecule is CCN(C/C=C/c1ccc(F)cc1)[C@@H]1COC[C@H]1O. The number of likely N-dealkylation sites (N-methyl/N-ethyl adjacent to an activating group) is 1. The maximum Gasteiger partial charge on any atom is 0.123 e. The van der Waals surface area contributed by atoms with Crippen LogP contribution >= 0.6 is 0 Å². The van der Waals surface area contributed by atoms with Crippen molar-refractivity contribution in [2.75, 3.05) is 26.3 Å². The predicted molar refractivity (Wildman–Crippen MR) is 73.3 cm³/mol. The van der Waals surface area contributed by atoms with Gasteiger partial charge in [0.05, 0.1) is 25.4 Å². The Labute approximate surface area is 113 Å². The van der Waals surface area contributed by atoms with E-state index in [0.29, 0.717) is 13.2 Å². The third kappa shape index (κ3) is 3.86. The van der Waals surface area contributed by atoms with Gasteiger partial charge in [0.15, 0.2) is 0 Å². The molecule has 1 fully saturated rings. The van der Waals surface area contributed by atoms with Crippen LogP contribution in [0.25, 0.3) is 6.08 Å². The number of aliphatic hydroxyl groups excluding tert-OH is 1. The molecule has 19 heavy (non-hydrogen) atoms. The highest BCUT2D eigenvalue weighted by molar-refractivity contribution is 5.48. The molecule has 0 saturated carbocycles. The summed E-state index contributed by atoms with van der Waals surface area (Å²) in [5.74, 6) is -0.224. The Balaban J connectivity index is 1.90. The summed E-state index contributed by atoms with van der Waals surface area (Å²) in [5, 5.41) is 9.80. The van der Waals surface area contributed by atoms with E-state index in [-0.39, 0.29) is 11.9 Å². The van der Waals surface area contributed by atoms with Crippen molar-refractivity contribution in [1.29, 1.82) is 0 Å². The van der Waals surface area contributed by atoms with E-state index in [1.807, 2.05) is 12.2 Å². The van der Waals surface area contributed by atoms with Crippen LogP contribution in [-0.2, 0) is 4.74 Å². The quantitative estimate of drug-likeness (QED) is 0.883. The van der Waals surface area contributed by atoms with Gasteiger partial charge in [0, 0.05) is 6.54 Å². The average molecular weight is 265 g/mol.